The summed E-state index contributed by atoms with van der Waals surface area (Å²) in [7, 11) is 0. The molecule has 11 heteroatoms. The molecule has 0 aliphatic rings. The molecule has 0 radical (unpaired) electrons. The van der Waals surface area contributed by atoms with Crippen LogP contribution >= 0.6 is 23.1 Å². The van der Waals surface area contributed by atoms with Crippen LogP contribution in [0.2, 0.25) is 5.02 Å². The molecule has 1 heterocycles. The largest absolute Gasteiger partial charge is 0.395 e. The molecule has 1 atom stereocenters. The molecule has 3 aromatic rings. The predicted molar refractivity (Wildman–Crippen MR) is 135 cm³/mol. The van der Waals surface area contributed by atoms with Gasteiger partial charge in [-0.2, -0.15) is 4.37 Å². The Morgan fingerprint density at radius 3 is 2.37 bits per heavy atom. The minimum Gasteiger partial charge on any atom is -0.395 e. The van der Waals surface area contributed by atoms with Crippen molar-refractivity contribution in [3.05, 3.63) is 75.5 Å². The molecule has 3 amide bonds. The van der Waals surface area contributed by atoms with Gasteiger partial charge in [0.1, 0.15) is 16.7 Å². The number of hydrogen-bond acceptors (Lipinski definition) is 6. The van der Waals surface area contributed by atoms with E-state index in [0.717, 1.165) is 4.90 Å². The fraction of sp³-hybridized carbons (Fsp3) is 0.250. The van der Waals surface area contributed by atoms with Crippen molar-refractivity contribution in [2.24, 2.45) is 11.7 Å². The van der Waals surface area contributed by atoms with Crippen molar-refractivity contribution in [2.75, 3.05) is 17.2 Å². The van der Waals surface area contributed by atoms with E-state index in [1.807, 2.05) is 13.8 Å². The Kier molecular flexibility index (Phi) is 8.42. The van der Waals surface area contributed by atoms with Crippen molar-refractivity contribution in [3.63, 3.8) is 0 Å². The van der Waals surface area contributed by atoms with Crippen molar-refractivity contribution in [3.8, 4) is 0 Å². The standard InChI is InChI=1S/C24H25ClFN5O3S/c1-13(2)11-12-29-23(33)20(14-7-9-15(25)10-8-14)31(17-6-4-3-5-16(17)26)24(34)21-18(27)19(22(28)32)30-35-21/h3-10,13,20H,11-12,27H2,1-2H3,(H2,28,32)(H,29,33)/t20-/m1/s1. The summed E-state index contributed by atoms with van der Waals surface area (Å²) in [6.45, 7) is 4.39. The normalized spacial score (nSPS) is 11.8. The number of nitrogens with one attached hydrogen (secondary N) is 1. The Morgan fingerprint density at radius 2 is 1.80 bits per heavy atom. The van der Waals surface area contributed by atoms with Gasteiger partial charge in [0.25, 0.3) is 11.8 Å². The Balaban J connectivity index is 2.17. The Labute approximate surface area is 211 Å². The summed E-state index contributed by atoms with van der Waals surface area (Å²) in [4.78, 5) is 39.8. The minimum absolute atomic E-state index is 0.143. The zero-order chi connectivity index (χ0) is 25.7. The van der Waals surface area contributed by atoms with E-state index >= 15 is 4.39 Å². The van der Waals surface area contributed by atoms with E-state index in [2.05, 4.69) is 9.69 Å². The van der Waals surface area contributed by atoms with Crippen molar-refractivity contribution >= 4 is 52.2 Å². The van der Waals surface area contributed by atoms with Gasteiger partial charge >= 0.3 is 0 Å². The van der Waals surface area contributed by atoms with Crippen LogP contribution in [-0.2, 0) is 4.79 Å². The molecular formula is C24H25ClFN5O3S. The number of primary amides is 1. The maximum Gasteiger partial charge on any atom is 0.273 e. The second kappa shape index (κ2) is 11.3. The van der Waals surface area contributed by atoms with Crippen LogP contribution in [0.25, 0.3) is 0 Å². The highest BCUT2D eigenvalue weighted by molar-refractivity contribution is 7.09. The fourth-order valence-electron chi connectivity index (χ4n) is 3.39. The van der Waals surface area contributed by atoms with Gasteiger partial charge in [-0.25, -0.2) is 4.39 Å². The van der Waals surface area contributed by atoms with Gasteiger partial charge in [-0.05, 0) is 53.7 Å². The fourth-order valence-corrected chi connectivity index (χ4v) is 4.26. The molecule has 8 nitrogen and oxygen atoms in total. The summed E-state index contributed by atoms with van der Waals surface area (Å²) >= 11 is 6.69. The molecule has 0 unspecified atom stereocenters. The lowest BCUT2D eigenvalue weighted by Gasteiger charge is -2.31. The molecule has 2 aromatic carbocycles. The number of carbonyl (C=O) groups excluding carboxylic acids is 3. The summed E-state index contributed by atoms with van der Waals surface area (Å²) in [5, 5.41) is 3.26. The Bertz CT molecular complexity index is 1230. The summed E-state index contributed by atoms with van der Waals surface area (Å²) < 4.78 is 18.9. The maximum absolute atomic E-state index is 15.0. The molecule has 0 fully saturated rings. The first kappa shape index (κ1) is 26.1. The first-order valence-corrected chi connectivity index (χ1v) is 11.9. The first-order valence-electron chi connectivity index (χ1n) is 10.8. The van der Waals surface area contributed by atoms with E-state index in [-0.39, 0.29) is 21.9 Å². The second-order valence-electron chi connectivity index (χ2n) is 8.19. The number of amides is 3. The second-order valence-corrected chi connectivity index (χ2v) is 9.40. The van der Waals surface area contributed by atoms with Crippen molar-refractivity contribution in [2.45, 2.75) is 26.3 Å². The number of nitrogens with zero attached hydrogens (tertiary/aromatic N) is 2. The SMILES string of the molecule is CC(C)CCNC(=O)[C@@H](c1ccc(Cl)cc1)N(C(=O)c1snc(C(N)=O)c1N)c1ccccc1F. The molecule has 1 aromatic heterocycles. The Morgan fingerprint density at radius 1 is 1.14 bits per heavy atom. The third-order valence-corrected chi connectivity index (χ3v) is 6.30. The van der Waals surface area contributed by atoms with Gasteiger partial charge in [0.2, 0.25) is 5.91 Å². The van der Waals surface area contributed by atoms with E-state index in [1.54, 1.807) is 30.3 Å². The van der Waals surface area contributed by atoms with E-state index in [9.17, 15) is 14.4 Å². The third-order valence-electron chi connectivity index (χ3n) is 5.20. The number of benzene rings is 2. The summed E-state index contributed by atoms with van der Waals surface area (Å²) in [6.07, 6.45) is 0.705. The quantitative estimate of drug-likeness (QED) is 0.392. The number of halogens is 2. The minimum atomic E-state index is -1.28. The number of nitrogens with two attached hydrogens (primary N) is 2. The lowest BCUT2D eigenvalue weighted by Crippen LogP contribution is -2.44. The molecule has 0 aliphatic carbocycles. The topological polar surface area (TPSA) is 131 Å². The summed E-state index contributed by atoms with van der Waals surface area (Å²) in [5.41, 5.74) is 11.0. The van der Waals surface area contributed by atoms with Crippen molar-refractivity contribution in [1.29, 1.82) is 0 Å². The van der Waals surface area contributed by atoms with Gasteiger partial charge in [-0.15, -0.1) is 0 Å². The monoisotopic (exact) mass is 517 g/mol. The van der Waals surface area contributed by atoms with E-state index in [0.29, 0.717) is 41.0 Å². The van der Waals surface area contributed by atoms with Crippen molar-refractivity contribution < 1.29 is 18.8 Å². The highest BCUT2D eigenvalue weighted by atomic mass is 35.5. The van der Waals surface area contributed by atoms with Crippen LogP contribution in [0.3, 0.4) is 0 Å². The Hall–Kier alpha value is -3.50. The van der Waals surface area contributed by atoms with Gasteiger partial charge in [-0.1, -0.05) is 49.7 Å². The molecule has 0 spiro atoms. The van der Waals surface area contributed by atoms with Crippen LogP contribution in [0.5, 0.6) is 0 Å². The van der Waals surface area contributed by atoms with Gasteiger partial charge < -0.3 is 16.8 Å². The molecule has 0 aliphatic heterocycles. The van der Waals surface area contributed by atoms with Crippen LogP contribution in [0.1, 0.15) is 52.0 Å². The van der Waals surface area contributed by atoms with Gasteiger partial charge in [-0.3, -0.25) is 19.3 Å². The molecule has 0 saturated heterocycles. The zero-order valence-electron chi connectivity index (χ0n) is 19.1. The van der Waals surface area contributed by atoms with Gasteiger partial charge in [0.05, 0.1) is 11.4 Å². The number of rotatable bonds is 9. The van der Waals surface area contributed by atoms with Crippen molar-refractivity contribution in [1.82, 2.24) is 9.69 Å². The van der Waals surface area contributed by atoms with Gasteiger partial charge in [0.15, 0.2) is 5.69 Å². The lowest BCUT2D eigenvalue weighted by molar-refractivity contribution is -0.122. The third kappa shape index (κ3) is 5.95. The number of para-hydroxylation sites is 1. The van der Waals surface area contributed by atoms with E-state index in [4.69, 9.17) is 23.1 Å². The van der Waals surface area contributed by atoms with E-state index in [1.165, 1.54) is 18.2 Å². The number of hydrogen-bond donors (Lipinski definition) is 3. The van der Waals surface area contributed by atoms with Crippen LogP contribution in [-0.4, -0.2) is 28.6 Å². The zero-order valence-corrected chi connectivity index (χ0v) is 20.7. The summed E-state index contributed by atoms with van der Waals surface area (Å²) in [5.74, 6) is -2.64. The van der Waals surface area contributed by atoms with E-state index < -0.39 is 29.6 Å². The average Bonchev–Trinajstić information content (AvgIpc) is 3.20. The molecule has 35 heavy (non-hydrogen) atoms. The first-order chi connectivity index (χ1) is 16.6. The van der Waals surface area contributed by atoms with Crippen LogP contribution < -0.4 is 21.7 Å². The molecule has 0 bridgehead atoms. The summed E-state index contributed by atoms with van der Waals surface area (Å²) in [6, 6.07) is 10.6. The molecule has 0 saturated carbocycles. The molecule has 5 N–H and O–H groups in total. The maximum atomic E-state index is 15.0. The molecular weight excluding hydrogens is 493 g/mol. The highest BCUT2D eigenvalue weighted by Crippen LogP contribution is 2.34. The number of carbonyl (C=O) groups is 3. The number of aromatic nitrogens is 1. The average molecular weight is 518 g/mol. The van der Waals surface area contributed by atoms with Gasteiger partial charge in [0, 0.05) is 11.6 Å². The lowest BCUT2D eigenvalue weighted by atomic mass is 10.0. The predicted octanol–water partition coefficient (Wildman–Crippen LogP) is 4.17. The molecule has 184 valence electrons. The highest BCUT2D eigenvalue weighted by Gasteiger charge is 2.37. The van der Waals surface area contributed by atoms with Crippen LogP contribution in [0, 0.1) is 11.7 Å². The van der Waals surface area contributed by atoms with Crippen LogP contribution in [0.15, 0.2) is 48.5 Å². The molecule has 3 rings (SSSR count). The number of nitrogen functional groups attached to an aromatic ring is 1. The number of anilines is 2. The van der Waals surface area contributed by atoms with Crippen LogP contribution in [0.4, 0.5) is 15.8 Å². The smallest absolute Gasteiger partial charge is 0.273 e.